The molecule has 0 N–H and O–H groups in total. The van der Waals surface area contributed by atoms with Crippen LogP contribution in [-0.4, -0.2) is 12.0 Å². The Hall–Kier alpha value is -1.22. The van der Waals surface area contributed by atoms with Gasteiger partial charge in [0, 0.05) is 22.5 Å². The lowest BCUT2D eigenvalue weighted by Crippen LogP contribution is -2.00. The smallest absolute Gasteiger partial charge is 0.164 e. The van der Waals surface area contributed by atoms with Crippen molar-refractivity contribution < 1.29 is 4.79 Å². The van der Waals surface area contributed by atoms with E-state index in [4.69, 9.17) is 0 Å². The summed E-state index contributed by atoms with van der Waals surface area (Å²) in [5.74, 6) is 0.165. The van der Waals surface area contributed by atoms with Crippen molar-refractivity contribution in [1.82, 2.24) is 0 Å². The van der Waals surface area contributed by atoms with E-state index in [1.165, 1.54) is 0 Å². The topological polar surface area (TPSA) is 29.4 Å². The molecule has 2 nitrogen and oxygen atoms in total. The molecule has 0 aromatic heterocycles. The molecule has 76 valence electrons. The number of aliphatic imine (C=N–C) groups is 1. The third-order valence-corrected chi connectivity index (χ3v) is 3.04. The molecule has 0 bridgehead atoms. The number of nitrogens with zero attached hydrogens (tertiary/aromatic N) is 1. The Morgan fingerprint density at radius 3 is 2.60 bits per heavy atom. The second-order valence-electron chi connectivity index (χ2n) is 3.52. The average molecular weight is 264 g/mol. The van der Waals surface area contributed by atoms with Gasteiger partial charge in [-0.3, -0.25) is 9.79 Å². The minimum Gasteiger partial charge on any atom is -0.297 e. The molecule has 0 saturated carbocycles. The van der Waals surface area contributed by atoms with E-state index in [2.05, 4.69) is 27.5 Å². The zero-order chi connectivity index (χ0) is 10.8. The molecule has 3 heteroatoms. The highest BCUT2D eigenvalue weighted by Crippen LogP contribution is 2.33. The van der Waals surface area contributed by atoms with E-state index in [0.717, 1.165) is 22.0 Å². The Morgan fingerprint density at radius 1 is 1.40 bits per heavy atom. The molecule has 1 aliphatic heterocycles. The first-order valence-electron chi connectivity index (χ1n) is 4.67. The summed E-state index contributed by atoms with van der Waals surface area (Å²) in [7, 11) is 0. The summed E-state index contributed by atoms with van der Waals surface area (Å²) in [5.41, 5.74) is 2.52. The van der Waals surface area contributed by atoms with Gasteiger partial charge in [-0.2, -0.15) is 0 Å². The predicted octanol–water partition coefficient (Wildman–Crippen LogP) is 3.09. The van der Waals surface area contributed by atoms with Crippen molar-refractivity contribution in [3.8, 4) is 0 Å². The van der Waals surface area contributed by atoms with Gasteiger partial charge < -0.3 is 0 Å². The zero-order valence-electron chi connectivity index (χ0n) is 8.11. The average Bonchev–Trinajstić information content (AvgIpc) is 2.61. The van der Waals surface area contributed by atoms with Gasteiger partial charge in [0.05, 0.1) is 5.71 Å². The highest BCUT2D eigenvalue weighted by atomic mass is 79.9. The molecule has 0 spiro atoms. The first kappa shape index (κ1) is 10.3. The normalized spacial score (nSPS) is 20.2. The predicted molar refractivity (Wildman–Crippen MR) is 64.1 cm³/mol. The van der Waals surface area contributed by atoms with Crippen LogP contribution in [0.5, 0.6) is 0 Å². The number of hydrogen-bond donors (Lipinski definition) is 0. The lowest BCUT2D eigenvalue weighted by molar-refractivity contribution is -0.102. The minimum atomic E-state index is 0.165. The molecule has 1 aliphatic rings. The minimum absolute atomic E-state index is 0.165. The van der Waals surface area contributed by atoms with E-state index in [1.807, 2.05) is 24.3 Å². The van der Waals surface area contributed by atoms with Gasteiger partial charge in [-0.15, -0.1) is 0 Å². The summed E-state index contributed by atoms with van der Waals surface area (Å²) in [6.45, 7) is 3.87. The van der Waals surface area contributed by atoms with Crippen LogP contribution in [0.3, 0.4) is 0 Å². The van der Waals surface area contributed by atoms with Gasteiger partial charge in [0.15, 0.2) is 6.29 Å². The fourth-order valence-corrected chi connectivity index (χ4v) is 1.98. The van der Waals surface area contributed by atoms with Crippen molar-refractivity contribution >= 4 is 27.9 Å². The van der Waals surface area contributed by atoms with Crippen molar-refractivity contribution in [1.29, 1.82) is 0 Å². The van der Waals surface area contributed by atoms with E-state index in [-0.39, 0.29) is 5.92 Å². The van der Waals surface area contributed by atoms with Gasteiger partial charge in [-0.25, -0.2) is 0 Å². The lowest BCUT2D eigenvalue weighted by Gasteiger charge is -2.09. The summed E-state index contributed by atoms with van der Waals surface area (Å²) < 4.78 is 1.05. The molecule has 1 unspecified atom stereocenters. The van der Waals surface area contributed by atoms with Gasteiger partial charge in [0.1, 0.15) is 0 Å². The Labute approximate surface area is 96.9 Å². The zero-order valence-corrected chi connectivity index (χ0v) is 9.70. The monoisotopic (exact) mass is 263 g/mol. The molecule has 0 radical (unpaired) electrons. The molecule has 0 aliphatic carbocycles. The van der Waals surface area contributed by atoms with Gasteiger partial charge >= 0.3 is 0 Å². The molecule has 2 rings (SSSR count). The van der Waals surface area contributed by atoms with Gasteiger partial charge in [-0.05, 0) is 17.7 Å². The molecule has 1 aromatic rings. The van der Waals surface area contributed by atoms with E-state index in [0.29, 0.717) is 12.1 Å². The van der Waals surface area contributed by atoms with Crippen LogP contribution in [0.2, 0.25) is 0 Å². The SMILES string of the molecule is C=C1N=C(C=O)CC1c1ccc(Br)cc1. The van der Waals surface area contributed by atoms with Crippen LogP contribution < -0.4 is 0 Å². The van der Waals surface area contributed by atoms with Crippen molar-refractivity contribution in [3.05, 3.63) is 46.6 Å². The number of aldehydes is 1. The number of halogens is 1. The van der Waals surface area contributed by atoms with Gasteiger partial charge in [0.25, 0.3) is 0 Å². The molecule has 1 atom stereocenters. The van der Waals surface area contributed by atoms with Crippen LogP contribution in [-0.2, 0) is 4.79 Å². The first-order valence-corrected chi connectivity index (χ1v) is 5.47. The quantitative estimate of drug-likeness (QED) is 0.755. The summed E-state index contributed by atoms with van der Waals surface area (Å²) in [5, 5.41) is 0. The van der Waals surface area contributed by atoms with Gasteiger partial charge in [-0.1, -0.05) is 34.6 Å². The molecule has 0 saturated heterocycles. The molecule has 0 fully saturated rings. The van der Waals surface area contributed by atoms with E-state index >= 15 is 0 Å². The third-order valence-electron chi connectivity index (χ3n) is 2.51. The summed E-state index contributed by atoms with van der Waals surface area (Å²) in [6.07, 6.45) is 1.48. The number of carbonyl (C=O) groups is 1. The van der Waals surface area contributed by atoms with Crippen LogP contribution in [0.4, 0.5) is 0 Å². The Bertz CT molecular complexity index is 433. The Morgan fingerprint density at radius 2 is 2.07 bits per heavy atom. The fourth-order valence-electron chi connectivity index (χ4n) is 1.71. The van der Waals surface area contributed by atoms with Crippen LogP contribution in [0.25, 0.3) is 0 Å². The van der Waals surface area contributed by atoms with Crippen molar-refractivity contribution in [3.63, 3.8) is 0 Å². The number of carbonyl (C=O) groups excluding carboxylic acids is 1. The third kappa shape index (κ3) is 2.07. The number of hydrogen-bond acceptors (Lipinski definition) is 2. The molecular formula is C12H10BrNO. The van der Waals surface area contributed by atoms with E-state index in [1.54, 1.807) is 0 Å². The highest BCUT2D eigenvalue weighted by molar-refractivity contribution is 9.10. The van der Waals surface area contributed by atoms with Crippen LogP contribution in [0.15, 0.2) is 46.0 Å². The maximum absolute atomic E-state index is 10.6. The summed E-state index contributed by atoms with van der Waals surface area (Å²) >= 11 is 3.39. The van der Waals surface area contributed by atoms with E-state index < -0.39 is 0 Å². The first-order chi connectivity index (χ1) is 7.20. The number of allylic oxidation sites excluding steroid dienone is 1. The second-order valence-corrected chi connectivity index (χ2v) is 4.44. The number of rotatable bonds is 2. The van der Waals surface area contributed by atoms with Crippen molar-refractivity contribution in [2.24, 2.45) is 4.99 Å². The van der Waals surface area contributed by atoms with Crippen LogP contribution in [0, 0.1) is 0 Å². The second kappa shape index (κ2) is 4.11. The molecule has 1 heterocycles. The summed E-state index contributed by atoms with van der Waals surface area (Å²) in [4.78, 5) is 14.7. The maximum atomic E-state index is 10.6. The lowest BCUT2D eigenvalue weighted by atomic mass is 9.94. The van der Waals surface area contributed by atoms with Crippen molar-refractivity contribution in [2.45, 2.75) is 12.3 Å². The summed E-state index contributed by atoms with van der Waals surface area (Å²) in [6, 6.07) is 8.04. The Balaban J connectivity index is 2.24. The highest BCUT2D eigenvalue weighted by Gasteiger charge is 2.23. The maximum Gasteiger partial charge on any atom is 0.164 e. The standard InChI is InChI=1S/C12H10BrNO/c1-8-12(6-11(7-15)14-8)9-2-4-10(13)5-3-9/h2-5,7,12H,1,6H2. The molecule has 0 amide bonds. The number of benzene rings is 1. The molecule has 15 heavy (non-hydrogen) atoms. The van der Waals surface area contributed by atoms with Crippen LogP contribution >= 0.6 is 15.9 Å². The molecular weight excluding hydrogens is 254 g/mol. The largest absolute Gasteiger partial charge is 0.297 e. The molecule has 1 aromatic carbocycles. The van der Waals surface area contributed by atoms with Crippen molar-refractivity contribution in [2.75, 3.05) is 0 Å². The fraction of sp³-hybridized carbons (Fsp3) is 0.167. The Kier molecular flexibility index (Phi) is 2.82. The van der Waals surface area contributed by atoms with Gasteiger partial charge in [0.2, 0.25) is 0 Å². The van der Waals surface area contributed by atoms with E-state index in [9.17, 15) is 4.79 Å². The van der Waals surface area contributed by atoms with Crippen LogP contribution in [0.1, 0.15) is 17.9 Å².